The van der Waals surface area contributed by atoms with Crippen LogP contribution in [0, 0.1) is 0 Å². The lowest BCUT2D eigenvalue weighted by atomic mass is 10.2. The fourth-order valence-electron chi connectivity index (χ4n) is 0.977. The zero-order valence-corrected chi connectivity index (χ0v) is 6.42. The SMILES string of the molecule is Clc1cccc2ccnnc12. The van der Waals surface area contributed by atoms with Crippen LogP contribution in [0.25, 0.3) is 10.9 Å². The van der Waals surface area contributed by atoms with Gasteiger partial charge in [-0.2, -0.15) is 5.10 Å². The standard InChI is InChI=1S/C8H5ClN2/c9-7-3-1-2-6-4-5-10-11-8(6)7/h1-5H. The van der Waals surface area contributed by atoms with Crippen molar-refractivity contribution in [2.75, 3.05) is 0 Å². The lowest BCUT2D eigenvalue weighted by Gasteiger charge is -1.94. The van der Waals surface area contributed by atoms with Crippen molar-refractivity contribution in [1.29, 1.82) is 0 Å². The highest BCUT2D eigenvalue weighted by molar-refractivity contribution is 6.34. The highest BCUT2D eigenvalue weighted by Gasteiger charge is 1.96. The molecule has 1 aromatic heterocycles. The molecule has 0 aliphatic heterocycles. The molecular weight excluding hydrogens is 160 g/mol. The number of fused-ring (bicyclic) bond motifs is 1. The molecule has 0 radical (unpaired) electrons. The van der Waals surface area contributed by atoms with Crippen LogP contribution in [0.4, 0.5) is 0 Å². The molecule has 0 aliphatic carbocycles. The minimum absolute atomic E-state index is 0.649. The van der Waals surface area contributed by atoms with E-state index < -0.39 is 0 Å². The zero-order valence-electron chi connectivity index (χ0n) is 5.66. The molecule has 3 heteroatoms. The Hall–Kier alpha value is -1.15. The summed E-state index contributed by atoms with van der Waals surface area (Å²) in [6, 6.07) is 7.54. The third-order valence-electron chi connectivity index (χ3n) is 1.50. The minimum atomic E-state index is 0.649. The minimum Gasteiger partial charge on any atom is -0.158 e. The van der Waals surface area contributed by atoms with Gasteiger partial charge >= 0.3 is 0 Å². The van der Waals surface area contributed by atoms with Crippen LogP contribution in [-0.4, -0.2) is 10.2 Å². The van der Waals surface area contributed by atoms with Gasteiger partial charge in [-0.05, 0) is 12.1 Å². The maximum Gasteiger partial charge on any atom is 0.112 e. The summed E-state index contributed by atoms with van der Waals surface area (Å²) >= 11 is 5.85. The van der Waals surface area contributed by atoms with Gasteiger partial charge in [-0.15, -0.1) is 5.10 Å². The monoisotopic (exact) mass is 164 g/mol. The van der Waals surface area contributed by atoms with Crippen LogP contribution >= 0.6 is 11.6 Å². The van der Waals surface area contributed by atoms with Gasteiger partial charge < -0.3 is 0 Å². The topological polar surface area (TPSA) is 25.8 Å². The van der Waals surface area contributed by atoms with Crippen LogP contribution in [0.3, 0.4) is 0 Å². The quantitative estimate of drug-likeness (QED) is 0.597. The van der Waals surface area contributed by atoms with E-state index in [-0.39, 0.29) is 0 Å². The van der Waals surface area contributed by atoms with Crippen molar-refractivity contribution < 1.29 is 0 Å². The normalized spacial score (nSPS) is 10.3. The molecule has 11 heavy (non-hydrogen) atoms. The van der Waals surface area contributed by atoms with Crippen molar-refractivity contribution >= 4 is 22.5 Å². The van der Waals surface area contributed by atoms with Gasteiger partial charge in [0.15, 0.2) is 0 Å². The van der Waals surface area contributed by atoms with Crippen molar-refractivity contribution in [2.24, 2.45) is 0 Å². The highest BCUT2D eigenvalue weighted by Crippen LogP contribution is 2.18. The number of halogens is 1. The average Bonchev–Trinajstić information content (AvgIpc) is 2.06. The molecule has 0 atom stereocenters. The van der Waals surface area contributed by atoms with Crippen LogP contribution in [0.5, 0.6) is 0 Å². The van der Waals surface area contributed by atoms with E-state index >= 15 is 0 Å². The third kappa shape index (κ3) is 1.05. The summed E-state index contributed by atoms with van der Waals surface area (Å²) in [5, 5.41) is 9.31. The molecule has 0 spiro atoms. The Kier molecular flexibility index (Phi) is 1.47. The first-order valence-corrected chi connectivity index (χ1v) is 3.61. The molecule has 0 amide bonds. The van der Waals surface area contributed by atoms with Gasteiger partial charge in [-0.3, -0.25) is 0 Å². The van der Waals surface area contributed by atoms with Gasteiger partial charge in [0.05, 0.1) is 11.2 Å². The Morgan fingerprint density at radius 1 is 1.18 bits per heavy atom. The van der Waals surface area contributed by atoms with Gasteiger partial charge in [-0.25, -0.2) is 0 Å². The highest BCUT2D eigenvalue weighted by atomic mass is 35.5. The first-order valence-electron chi connectivity index (χ1n) is 3.24. The van der Waals surface area contributed by atoms with E-state index in [1.54, 1.807) is 12.3 Å². The molecule has 0 N–H and O–H groups in total. The van der Waals surface area contributed by atoms with Gasteiger partial charge in [0.2, 0.25) is 0 Å². The van der Waals surface area contributed by atoms with Crippen LogP contribution in [0.15, 0.2) is 30.5 Å². The average molecular weight is 165 g/mol. The van der Waals surface area contributed by atoms with Crippen LogP contribution < -0.4 is 0 Å². The summed E-state index contributed by atoms with van der Waals surface area (Å²) in [5.41, 5.74) is 0.761. The van der Waals surface area contributed by atoms with E-state index in [4.69, 9.17) is 11.6 Å². The second kappa shape index (κ2) is 2.47. The fourth-order valence-corrected chi connectivity index (χ4v) is 1.20. The Bertz CT molecular complexity index is 381. The zero-order chi connectivity index (χ0) is 7.68. The van der Waals surface area contributed by atoms with Gasteiger partial charge in [0.1, 0.15) is 5.52 Å². The smallest absolute Gasteiger partial charge is 0.112 e. The molecule has 2 nitrogen and oxygen atoms in total. The van der Waals surface area contributed by atoms with E-state index in [0.717, 1.165) is 10.9 Å². The summed E-state index contributed by atoms with van der Waals surface area (Å²) in [6.07, 6.45) is 1.65. The van der Waals surface area contributed by atoms with Crippen molar-refractivity contribution in [3.05, 3.63) is 35.5 Å². The van der Waals surface area contributed by atoms with Crippen molar-refractivity contribution in [3.8, 4) is 0 Å². The number of benzene rings is 1. The summed E-state index contributed by atoms with van der Waals surface area (Å²) in [5.74, 6) is 0. The number of rotatable bonds is 0. The molecular formula is C8H5ClN2. The maximum absolute atomic E-state index is 5.85. The number of aromatic nitrogens is 2. The van der Waals surface area contributed by atoms with Crippen molar-refractivity contribution in [2.45, 2.75) is 0 Å². The van der Waals surface area contributed by atoms with E-state index in [1.807, 2.05) is 18.2 Å². The van der Waals surface area contributed by atoms with E-state index in [9.17, 15) is 0 Å². The van der Waals surface area contributed by atoms with Crippen LogP contribution in [-0.2, 0) is 0 Å². The fraction of sp³-hybridized carbons (Fsp3) is 0. The van der Waals surface area contributed by atoms with Crippen molar-refractivity contribution in [1.82, 2.24) is 10.2 Å². The van der Waals surface area contributed by atoms with Crippen molar-refractivity contribution in [3.63, 3.8) is 0 Å². The number of nitrogens with zero attached hydrogens (tertiary/aromatic N) is 2. The van der Waals surface area contributed by atoms with Gasteiger partial charge in [0.25, 0.3) is 0 Å². The lowest BCUT2D eigenvalue weighted by Crippen LogP contribution is -1.81. The molecule has 0 saturated carbocycles. The van der Waals surface area contributed by atoms with Gasteiger partial charge in [-0.1, -0.05) is 23.7 Å². The molecule has 0 bridgehead atoms. The largest absolute Gasteiger partial charge is 0.158 e. The van der Waals surface area contributed by atoms with E-state index in [1.165, 1.54) is 0 Å². The number of hydrogen-bond acceptors (Lipinski definition) is 2. The Morgan fingerprint density at radius 2 is 2.09 bits per heavy atom. The molecule has 0 unspecified atom stereocenters. The molecule has 0 saturated heterocycles. The number of hydrogen-bond donors (Lipinski definition) is 0. The predicted molar refractivity (Wildman–Crippen MR) is 44.5 cm³/mol. The predicted octanol–water partition coefficient (Wildman–Crippen LogP) is 2.28. The summed E-state index contributed by atoms with van der Waals surface area (Å²) in [6.45, 7) is 0. The third-order valence-corrected chi connectivity index (χ3v) is 1.80. The second-order valence-corrected chi connectivity index (χ2v) is 2.62. The van der Waals surface area contributed by atoms with Gasteiger partial charge in [0, 0.05) is 5.39 Å². The molecule has 2 rings (SSSR count). The summed E-state index contributed by atoms with van der Waals surface area (Å²) < 4.78 is 0. The van der Waals surface area contributed by atoms with E-state index in [0.29, 0.717) is 5.02 Å². The van der Waals surface area contributed by atoms with Crippen LogP contribution in [0.2, 0.25) is 5.02 Å². The molecule has 2 aromatic rings. The Balaban J connectivity index is 2.91. The Morgan fingerprint density at radius 3 is 2.91 bits per heavy atom. The molecule has 0 aliphatic rings. The maximum atomic E-state index is 5.85. The first-order chi connectivity index (χ1) is 5.38. The second-order valence-electron chi connectivity index (χ2n) is 2.21. The molecule has 0 fully saturated rings. The molecule has 1 aromatic carbocycles. The van der Waals surface area contributed by atoms with E-state index in [2.05, 4.69) is 10.2 Å². The molecule has 54 valence electrons. The Labute approximate surface area is 68.8 Å². The summed E-state index contributed by atoms with van der Waals surface area (Å²) in [4.78, 5) is 0. The molecule has 1 heterocycles. The summed E-state index contributed by atoms with van der Waals surface area (Å²) in [7, 11) is 0. The first kappa shape index (κ1) is 6.55. The van der Waals surface area contributed by atoms with Crippen LogP contribution in [0.1, 0.15) is 0 Å². The lowest BCUT2D eigenvalue weighted by molar-refractivity contribution is 1.08.